The monoisotopic (exact) mass is 256 g/mol. The molecule has 2 N–H and O–H groups in total. The number of anilines is 2. The van der Waals surface area contributed by atoms with Gasteiger partial charge < -0.3 is 10.6 Å². The zero-order valence-electron chi connectivity index (χ0n) is 11.5. The fourth-order valence-electron chi connectivity index (χ4n) is 3.12. The Kier molecular flexibility index (Phi) is 3.01. The minimum absolute atomic E-state index is 0.542. The van der Waals surface area contributed by atoms with Crippen LogP contribution in [0.3, 0.4) is 0 Å². The van der Waals surface area contributed by atoms with Crippen molar-refractivity contribution >= 4 is 22.4 Å². The molecule has 4 nitrogen and oxygen atoms in total. The van der Waals surface area contributed by atoms with Gasteiger partial charge in [-0.05, 0) is 44.4 Å². The summed E-state index contributed by atoms with van der Waals surface area (Å²) >= 11 is 0. The van der Waals surface area contributed by atoms with Crippen LogP contribution in [0.15, 0.2) is 24.5 Å². The maximum absolute atomic E-state index is 5.83. The van der Waals surface area contributed by atoms with Gasteiger partial charge in [-0.3, -0.25) is 0 Å². The molecule has 0 bridgehead atoms. The number of benzene rings is 1. The van der Waals surface area contributed by atoms with Crippen molar-refractivity contribution in [2.24, 2.45) is 0 Å². The van der Waals surface area contributed by atoms with Crippen LogP contribution in [0, 0.1) is 0 Å². The van der Waals surface area contributed by atoms with Crippen LogP contribution < -0.4 is 10.6 Å². The third-order valence-corrected chi connectivity index (χ3v) is 4.14. The maximum atomic E-state index is 5.83. The van der Waals surface area contributed by atoms with Crippen LogP contribution in [0.1, 0.15) is 33.1 Å². The van der Waals surface area contributed by atoms with E-state index in [0.717, 1.165) is 28.8 Å². The van der Waals surface area contributed by atoms with Gasteiger partial charge in [0.15, 0.2) is 0 Å². The van der Waals surface area contributed by atoms with E-state index in [2.05, 4.69) is 28.7 Å². The summed E-state index contributed by atoms with van der Waals surface area (Å²) in [6.07, 6.45) is 5.29. The summed E-state index contributed by atoms with van der Waals surface area (Å²) in [5, 5.41) is 1.10. The lowest BCUT2D eigenvalue weighted by molar-refractivity contribution is 0.623. The zero-order valence-corrected chi connectivity index (χ0v) is 11.5. The number of nitrogens with zero attached hydrogens (tertiary/aromatic N) is 3. The lowest BCUT2D eigenvalue weighted by Crippen LogP contribution is -2.35. The highest BCUT2D eigenvalue weighted by Crippen LogP contribution is 2.34. The van der Waals surface area contributed by atoms with E-state index in [1.54, 1.807) is 6.33 Å². The SMILES string of the molecule is CCC1CCC(C)N1c1ncnc2cc(N)ccc12. The molecule has 2 atom stereocenters. The molecule has 2 heterocycles. The molecule has 1 aliphatic heterocycles. The molecular weight excluding hydrogens is 236 g/mol. The van der Waals surface area contributed by atoms with Crippen molar-refractivity contribution < 1.29 is 0 Å². The molecule has 1 aliphatic rings. The highest BCUT2D eigenvalue weighted by atomic mass is 15.3. The number of nitrogens with two attached hydrogens (primary N) is 1. The van der Waals surface area contributed by atoms with E-state index >= 15 is 0 Å². The van der Waals surface area contributed by atoms with Crippen molar-refractivity contribution in [3.05, 3.63) is 24.5 Å². The Morgan fingerprint density at radius 1 is 1.32 bits per heavy atom. The molecule has 0 saturated carbocycles. The zero-order chi connectivity index (χ0) is 13.4. The minimum atomic E-state index is 0.542. The first kappa shape index (κ1) is 12.2. The van der Waals surface area contributed by atoms with Crippen molar-refractivity contribution in [1.82, 2.24) is 9.97 Å². The number of hydrogen-bond acceptors (Lipinski definition) is 4. The first-order valence-electron chi connectivity index (χ1n) is 6.99. The highest BCUT2D eigenvalue weighted by molar-refractivity contribution is 5.91. The smallest absolute Gasteiger partial charge is 0.140 e. The second-order valence-electron chi connectivity index (χ2n) is 5.37. The van der Waals surface area contributed by atoms with Crippen LogP contribution in [-0.4, -0.2) is 22.1 Å². The first-order valence-corrected chi connectivity index (χ1v) is 6.99. The van der Waals surface area contributed by atoms with Gasteiger partial charge in [0.1, 0.15) is 12.1 Å². The summed E-state index contributed by atoms with van der Waals surface area (Å²) in [6, 6.07) is 7.02. The van der Waals surface area contributed by atoms with Gasteiger partial charge in [0.2, 0.25) is 0 Å². The summed E-state index contributed by atoms with van der Waals surface area (Å²) in [5.74, 6) is 1.06. The van der Waals surface area contributed by atoms with Gasteiger partial charge in [-0.2, -0.15) is 0 Å². The van der Waals surface area contributed by atoms with Crippen LogP contribution >= 0.6 is 0 Å². The first-order chi connectivity index (χ1) is 9.20. The van der Waals surface area contributed by atoms with Crippen molar-refractivity contribution in [1.29, 1.82) is 0 Å². The number of aromatic nitrogens is 2. The minimum Gasteiger partial charge on any atom is -0.399 e. The third kappa shape index (κ3) is 2.01. The van der Waals surface area contributed by atoms with E-state index in [-0.39, 0.29) is 0 Å². The molecule has 100 valence electrons. The molecule has 3 rings (SSSR count). The highest BCUT2D eigenvalue weighted by Gasteiger charge is 2.31. The van der Waals surface area contributed by atoms with E-state index in [0.29, 0.717) is 12.1 Å². The summed E-state index contributed by atoms with van der Waals surface area (Å²) in [5.41, 5.74) is 7.51. The van der Waals surface area contributed by atoms with Crippen LogP contribution in [0.2, 0.25) is 0 Å². The predicted molar refractivity (Wildman–Crippen MR) is 79.2 cm³/mol. The molecule has 0 amide bonds. The van der Waals surface area contributed by atoms with E-state index in [1.165, 1.54) is 12.8 Å². The Hall–Kier alpha value is -1.84. The lowest BCUT2D eigenvalue weighted by Gasteiger charge is -2.29. The predicted octanol–water partition coefficient (Wildman–Crippen LogP) is 2.98. The molecule has 2 unspecified atom stereocenters. The van der Waals surface area contributed by atoms with E-state index in [1.807, 2.05) is 18.2 Å². The number of nitrogen functional groups attached to an aromatic ring is 1. The van der Waals surface area contributed by atoms with Gasteiger partial charge in [-0.15, -0.1) is 0 Å². The van der Waals surface area contributed by atoms with Gasteiger partial charge in [0.25, 0.3) is 0 Å². The molecule has 1 aromatic heterocycles. The van der Waals surface area contributed by atoms with E-state index in [4.69, 9.17) is 5.73 Å². The van der Waals surface area contributed by atoms with E-state index in [9.17, 15) is 0 Å². The normalized spacial score (nSPS) is 23.2. The molecule has 2 aromatic rings. The Labute approximate surface area is 113 Å². The Morgan fingerprint density at radius 2 is 2.16 bits per heavy atom. The second kappa shape index (κ2) is 4.68. The van der Waals surface area contributed by atoms with Crippen LogP contribution in [0.5, 0.6) is 0 Å². The Bertz CT molecular complexity index is 596. The van der Waals surface area contributed by atoms with Gasteiger partial charge >= 0.3 is 0 Å². The van der Waals surface area contributed by atoms with Crippen LogP contribution in [0.25, 0.3) is 10.9 Å². The molecule has 19 heavy (non-hydrogen) atoms. The molecule has 1 fully saturated rings. The average Bonchev–Trinajstić information content (AvgIpc) is 2.78. The molecule has 1 saturated heterocycles. The largest absolute Gasteiger partial charge is 0.399 e. The van der Waals surface area contributed by atoms with Gasteiger partial charge in [-0.25, -0.2) is 9.97 Å². The molecule has 4 heteroatoms. The van der Waals surface area contributed by atoms with Crippen molar-refractivity contribution in [2.45, 2.75) is 45.2 Å². The summed E-state index contributed by atoms with van der Waals surface area (Å²) in [7, 11) is 0. The van der Waals surface area contributed by atoms with Crippen LogP contribution in [0.4, 0.5) is 11.5 Å². The second-order valence-corrected chi connectivity index (χ2v) is 5.37. The number of fused-ring (bicyclic) bond motifs is 1. The van der Waals surface area contributed by atoms with Gasteiger partial charge in [0, 0.05) is 23.2 Å². The summed E-state index contributed by atoms with van der Waals surface area (Å²) in [4.78, 5) is 11.3. The Balaban J connectivity index is 2.14. The molecule has 1 aromatic carbocycles. The molecule has 0 spiro atoms. The third-order valence-electron chi connectivity index (χ3n) is 4.14. The number of rotatable bonds is 2. The van der Waals surface area contributed by atoms with Crippen molar-refractivity contribution in [2.75, 3.05) is 10.6 Å². The van der Waals surface area contributed by atoms with Gasteiger partial charge in [-0.1, -0.05) is 6.92 Å². The van der Waals surface area contributed by atoms with Crippen molar-refractivity contribution in [3.63, 3.8) is 0 Å². The molecule has 0 radical (unpaired) electrons. The fourth-order valence-corrected chi connectivity index (χ4v) is 3.12. The average molecular weight is 256 g/mol. The fraction of sp³-hybridized carbons (Fsp3) is 0.467. The summed E-state index contributed by atoms with van der Waals surface area (Å²) < 4.78 is 0. The quantitative estimate of drug-likeness (QED) is 0.839. The lowest BCUT2D eigenvalue weighted by atomic mass is 10.1. The standard InChI is InChI=1S/C15H20N4/c1-3-12-6-4-10(2)19(12)15-13-7-5-11(16)8-14(13)17-9-18-15/h5,7-10,12H,3-4,6,16H2,1-2H3. The van der Waals surface area contributed by atoms with Crippen molar-refractivity contribution in [3.8, 4) is 0 Å². The Morgan fingerprint density at radius 3 is 2.95 bits per heavy atom. The maximum Gasteiger partial charge on any atom is 0.140 e. The van der Waals surface area contributed by atoms with E-state index < -0.39 is 0 Å². The summed E-state index contributed by atoms with van der Waals surface area (Å²) in [6.45, 7) is 4.53. The molecule has 0 aliphatic carbocycles. The van der Waals surface area contributed by atoms with Gasteiger partial charge in [0.05, 0.1) is 5.52 Å². The topological polar surface area (TPSA) is 55.0 Å². The number of hydrogen-bond donors (Lipinski definition) is 1. The molecular formula is C15H20N4. The van der Waals surface area contributed by atoms with Crippen LogP contribution in [-0.2, 0) is 0 Å².